The van der Waals surface area contributed by atoms with E-state index in [9.17, 15) is 4.79 Å². The third kappa shape index (κ3) is 4.41. The van der Waals surface area contributed by atoms with Crippen LogP contribution in [0.2, 0.25) is 10.0 Å². The lowest BCUT2D eigenvalue weighted by Gasteiger charge is -2.44. The molecule has 3 N–H and O–H groups in total. The Labute approximate surface area is 228 Å². The van der Waals surface area contributed by atoms with Crippen LogP contribution in [-0.4, -0.2) is 29.8 Å². The van der Waals surface area contributed by atoms with Crippen LogP contribution in [0.25, 0.3) is 22.0 Å². The second-order valence-electron chi connectivity index (χ2n) is 9.81. The fraction of sp³-hybridized carbons (Fsp3) is 0.250. The molecule has 10 heteroatoms. The summed E-state index contributed by atoms with van der Waals surface area (Å²) < 4.78 is 42.6. The number of para-hydroxylation sites is 1. The number of aromatic amines is 1. The molecule has 1 aliphatic rings. The number of aromatic nitrogens is 1. The van der Waals surface area contributed by atoms with Crippen molar-refractivity contribution in [3.63, 3.8) is 0 Å². The third-order valence-electron chi connectivity index (χ3n) is 6.90. The second-order valence-corrected chi connectivity index (χ2v) is 10.6. The zero-order valence-corrected chi connectivity index (χ0v) is 22.5. The summed E-state index contributed by atoms with van der Waals surface area (Å²) in [7, 11) is 1.49. The Morgan fingerprint density at radius 2 is 1.87 bits per heavy atom. The monoisotopic (exact) mass is 559 g/mol. The number of anilines is 2. The van der Waals surface area contributed by atoms with Gasteiger partial charge in [0.05, 0.1) is 33.8 Å². The van der Waals surface area contributed by atoms with Crippen LogP contribution in [0.5, 0.6) is 5.75 Å². The lowest BCUT2D eigenvalue weighted by molar-refractivity contribution is 0.0561. The number of H-pyrrole nitrogens is 1. The SMILES string of the molecule is COc1ccc(NC(=O)OC2C(C)c3c(cc(F)c(-c4cccc5c(Cl)c[nH]c45)c3F)NC2(C)C)cc1Cl. The summed E-state index contributed by atoms with van der Waals surface area (Å²) >= 11 is 12.4. The van der Waals surface area contributed by atoms with Crippen molar-refractivity contribution in [2.45, 2.75) is 38.3 Å². The topological polar surface area (TPSA) is 75.4 Å². The summed E-state index contributed by atoms with van der Waals surface area (Å²) in [5.41, 5.74) is 0.782. The summed E-state index contributed by atoms with van der Waals surface area (Å²) in [5, 5.41) is 7.24. The normalized spacial score (nSPS) is 18.0. The van der Waals surface area contributed by atoms with Crippen LogP contribution < -0.4 is 15.4 Å². The molecular weight excluding hydrogens is 535 g/mol. The van der Waals surface area contributed by atoms with Crippen LogP contribution in [0.15, 0.2) is 48.7 Å². The standard InChI is InChI=1S/C28H25Cl2F2N3O3/c1-13-22-20(11-19(31)23(24(22)32)16-7-5-6-15-18(30)12-33-25(15)16)35-28(2,3)26(13)38-27(36)34-14-8-9-21(37-4)17(29)10-14/h5-13,26,33,35H,1-4H3,(H,34,36). The number of ether oxygens (including phenoxy) is 2. The molecule has 0 bridgehead atoms. The van der Waals surface area contributed by atoms with Gasteiger partial charge in [0, 0.05) is 40.0 Å². The largest absolute Gasteiger partial charge is 0.495 e. The summed E-state index contributed by atoms with van der Waals surface area (Å²) in [6.07, 6.45) is 0.0389. The van der Waals surface area contributed by atoms with Crippen LogP contribution in [-0.2, 0) is 4.74 Å². The molecule has 38 heavy (non-hydrogen) atoms. The van der Waals surface area contributed by atoms with Gasteiger partial charge in [0.25, 0.3) is 0 Å². The fourth-order valence-corrected chi connectivity index (χ4v) is 5.68. The van der Waals surface area contributed by atoms with Gasteiger partial charge in [-0.25, -0.2) is 13.6 Å². The quantitative estimate of drug-likeness (QED) is 0.235. The van der Waals surface area contributed by atoms with Gasteiger partial charge < -0.3 is 19.8 Å². The Morgan fingerprint density at radius 1 is 1.11 bits per heavy atom. The molecule has 2 unspecified atom stereocenters. The van der Waals surface area contributed by atoms with Crippen molar-refractivity contribution in [1.29, 1.82) is 0 Å². The first-order valence-corrected chi connectivity index (χ1v) is 12.6. The zero-order chi connectivity index (χ0) is 27.4. The number of methoxy groups -OCH3 is 1. The van der Waals surface area contributed by atoms with E-state index in [4.69, 9.17) is 32.7 Å². The number of halogens is 4. The summed E-state index contributed by atoms with van der Waals surface area (Å²) in [6, 6.07) is 11.2. The number of fused-ring (bicyclic) bond motifs is 2. The highest BCUT2D eigenvalue weighted by Gasteiger charge is 2.45. The molecule has 198 valence electrons. The molecule has 1 amide bonds. The molecule has 4 aromatic rings. The molecule has 0 saturated heterocycles. The molecule has 0 radical (unpaired) electrons. The van der Waals surface area contributed by atoms with Gasteiger partial charge in [-0.05, 0) is 38.1 Å². The van der Waals surface area contributed by atoms with Gasteiger partial charge in [-0.2, -0.15) is 0 Å². The summed E-state index contributed by atoms with van der Waals surface area (Å²) in [4.78, 5) is 15.9. The number of carbonyl (C=O) groups is 1. The fourth-order valence-electron chi connectivity index (χ4n) is 5.21. The molecule has 0 saturated carbocycles. The second kappa shape index (κ2) is 9.67. The van der Waals surface area contributed by atoms with E-state index >= 15 is 8.78 Å². The van der Waals surface area contributed by atoms with E-state index in [1.54, 1.807) is 57.3 Å². The third-order valence-corrected chi connectivity index (χ3v) is 7.51. The molecular formula is C28H25Cl2F2N3O3. The van der Waals surface area contributed by atoms with Crippen LogP contribution in [0, 0.1) is 11.6 Å². The highest BCUT2D eigenvalue weighted by Crippen LogP contribution is 2.46. The van der Waals surface area contributed by atoms with Crippen molar-refractivity contribution in [1.82, 2.24) is 4.98 Å². The average Bonchev–Trinajstić information content (AvgIpc) is 3.23. The van der Waals surface area contributed by atoms with Crippen LogP contribution in [0.4, 0.5) is 25.0 Å². The Bertz CT molecular complexity index is 1570. The molecule has 2 heterocycles. The van der Waals surface area contributed by atoms with E-state index in [1.807, 2.05) is 0 Å². The first-order chi connectivity index (χ1) is 18.0. The number of hydrogen-bond donors (Lipinski definition) is 3. The van der Waals surface area contributed by atoms with Gasteiger partial charge in [0.1, 0.15) is 23.5 Å². The van der Waals surface area contributed by atoms with E-state index in [1.165, 1.54) is 19.2 Å². The number of carbonyl (C=O) groups excluding carboxylic acids is 1. The smallest absolute Gasteiger partial charge is 0.412 e. The molecule has 1 aliphatic heterocycles. The van der Waals surface area contributed by atoms with Crippen molar-refractivity contribution in [2.75, 3.05) is 17.7 Å². The molecule has 2 atom stereocenters. The van der Waals surface area contributed by atoms with E-state index < -0.39 is 35.3 Å². The molecule has 6 nitrogen and oxygen atoms in total. The summed E-state index contributed by atoms with van der Waals surface area (Å²) in [5.74, 6) is -1.60. The first-order valence-electron chi connectivity index (χ1n) is 11.9. The number of hydrogen-bond acceptors (Lipinski definition) is 4. The molecule has 3 aromatic carbocycles. The van der Waals surface area contributed by atoms with Crippen molar-refractivity contribution < 1.29 is 23.0 Å². The lowest BCUT2D eigenvalue weighted by Crippen LogP contribution is -2.52. The molecule has 0 fully saturated rings. The first kappa shape index (κ1) is 26.1. The van der Waals surface area contributed by atoms with Crippen LogP contribution in [0.3, 0.4) is 0 Å². The molecule has 0 spiro atoms. The van der Waals surface area contributed by atoms with Crippen molar-refractivity contribution >= 4 is 51.6 Å². The van der Waals surface area contributed by atoms with E-state index in [-0.39, 0.29) is 11.1 Å². The van der Waals surface area contributed by atoms with Gasteiger partial charge in [0.2, 0.25) is 0 Å². The minimum Gasteiger partial charge on any atom is -0.495 e. The van der Waals surface area contributed by atoms with E-state index in [2.05, 4.69) is 15.6 Å². The number of nitrogens with one attached hydrogen (secondary N) is 3. The minimum absolute atomic E-state index is 0.183. The highest BCUT2D eigenvalue weighted by molar-refractivity contribution is 6.36. The Kier molecular flexibility index (Phi) is 6.65. The average molecular weight is 560 g/mol. The number of amides is 1. The summed E-state index contributed by atoms with van der Waals surface area (Å²) in [6.45, 7) is 5.36. The Balaban J connectivity index is 1.50. The zero-order valence-electron chi connectivity index (χ0n) is 21.0. The number of rotatable bonds is 4. The number of benzene rings is 3. The van der Waals surface area contributed by atoms with Gasteiger partial charge >= 0.3 is 6.09 Å². The Hall–Kier alpha value is -3.49. The van der Waals surface area contributed by atoms with E-state index in [0.717, 1.165) is 0 Å². The van der Waals surface area contributed by atoms with Crippen molar-refractivity contribution in [3.05, 3.63) is 75.9 Å². The maximum atomic E-state index is 16.2. The highest BCUT2D eigenvalue weighted by atomic mass is 35.5. The Morgan fingerprint density at radius 3 is 2.58 bits per heavy atom. The van der Waals surface area contributed by atoms with Gasteiger partial charge in [-0.15, -0.1) is 0 Å². The van der Waals surface area contributed by atoms with Crippen LogP contribution in [0.1, 0.15) is 32.3 Å². The maximum Gasteiger partial charge on any atom is 0.412 e. The van der Waals surface area contributed by atoms with Gasteiger partial charge in [-0.1, -0.05) is 48.3 Å². The van der Waals surface area contributed by atoms with Crippen LogP contribution >= 0.6 is 23.2 Å². The minimum atomic E-state index is -0.839. The predicted molar refractivity (Wildman–Crippen MR) is 147 cm³/mol. The molecule has 5 rings (SSSR count). The predicted octanol–water partition coefficient (Wildman–Crippen LogP) is 8.35. The van der Waals surface area contributed by atoms with Crippen molar-refractivity contribution in [3.8, 4) is 16.9 Å². The van der Waals surface area contributed by atoms with Gasteiger partial charge in [0.15, 0.2) is 0 Å². The lowest BCUT2D eigenvalue weighted by atomic mass is 9.77. The van der Waals surface area contributed by atoms with Crippen molar-refractivity contribution in [2.24, 2.45) is 0 Å². The van der Waals surface area contributed by atoms with Gasteiger partial charge in [-0.3, -0.25) is 5.32 Å². The molecule has 0 aliphatic carbocycles. The van der Waals surface area contributed by atoms with E-state index in [0.29, 0.717) is 43.6 Å². The molecule has 1 aromatic heterocycles. The maximum absolute atomic E-state index is 16.2.